The van der Waals surface area contributed by atoms with Crippen LogP contribution in [0.4, 0.5) is 0 Å². The zero-order valence-corrected chi connectivity index (χ0v) is 18.0. The number of H-pyrrole nitrogens is 1. The predicted molar refractivity (Wildman–Crippen MR) is 114 cm³/mol. The minimum atomic E-state index is -0.237. The average molecular weight is 427 g/mol. The summed E-state index contributed by atoms with van der Waals surface area (Å²) < 4.78 is 1.75. The van der Waals surface area contributed by atoms with E-state index < -0.39 is 0 Å². The molecule has 1 atom stereocenters. The molecule has 0 radical (unpaired) electrons. The lowest BCUT2D eigenvalue weighted by molar-refractivity contribution is -0.135. The van der Waals surface area contributed by atoms with E-state index in [1.807, 2.05) is 24.1 Å². The fourth-order valence-corrected chi connectivity index (χ4v) is 4.50. The summed E-state index contributed by atoms with van der Waals surface area (Å²) in [7, 11) is 0. The van der Waals surface area contributed by atoms with Gasteiger partial charge in [0, 0.05) is 50.4 Å². The average Bonchev–Trinajstić information content (AvgIpc) is 3.31. The van der Waals surface area contributed by atoms with Gasteiger partial charge in [0.05, 0.1) is 18.3 Å². The topological polar surface area (TPSA) is 104 Å². The molecule has 0 aliphatic carbocycles. The first-order valence-corrected chi connectivity index (χ1v) is 11.2. The number of aryl methyl sites for hydroxylation is 1. The number of carbonyl (C=O) groups is 2. The van der Waals surface area contributed by atoms with Gasteiger partial charge in [-0.2, -0.15) is 5.10 Å². The highest BCUT2D eigenvalue weighted by atomic mass is 16.2. The van der Waals surface area contributed by atoms with Gasteiger partial charge in [-0.3, -0.25) is 19.1 Å². The number of amides is 2. The largest absolute Gasteiger partial charge is 0.336 e. The van der Waals surface area contributed by atoms with Crippen LogP contribution in [0.25, 0.3) is 0 Å². The molecule has 1 saturated heterocycles. The Balaban J connectivity index is 1.53. The minimum Gasteiger partial charge on any atom is -0.336 e. The second-order valence-corrected chi connectivity index (χ2v) is 8.31. The van der Waals surface area contributed by atoms with Gasteiger partial charge in [-0.15, -0.1) is 0 Å². The molecule has 0 saturated carbocycles. The van der Waals surface area contributed by atoms with Gasteiger partial charge >= 0.3 is 0 Å². The maximum atomic E-state index is 13.0. The van der Waals surface area contributed by atoms with Crippen molar-refractivity contribution < 1.29 is 9.59 Å². The summed E-state index contributed by atoms with van der Waals surface area (Å²) in [6, 6.07) is 1.60. The van der Waals surface area contributed by atoms with Crippen LogP contribution in [0.1, 0.15) is 68.6 Å². The number of nitrogens with zero attached hydrogens (tertiary/aromatic N) is 5. The number of nitrogens with one attached hydrogen (secondary N) is 1. The number of aromatic amines is 1. The molecular formula is C22H30N6O3. The Bertz CT molecular complexity index is 984. The fourth-order valence-electron chi connectivity index (χ4n) is 4.50. The molecule has 1 N–H and O–H groups in total. The van der Waals surface area contributed by atoms with Crippen molar-refractivity contribution in [1.82, 2.24) is 29.5 Å². The standard InChI is InChI=1S/C22H30N6O3/c1-2-6-19(29)26-13-8-16-17(15-26)24-21(25-22(16)31)18-7-3-4-12-28(18)20(30)9-14-27-11-5-10-23-27/h5,10-11,18H,2-4,6-9,12-15H2,1H3,(H,24,25,31)/t18-/m0/s1. The molecule has 166 valence electrons. The van der Waals surface area contributed by atoms with E-state index in [4.69, 9.17) is 4.98 Å². The normalized spacial score (nSPS) is 18.7. The first-order chi connectivity index (χ1) is 15.1. The lowest BCUT2D eigenvalue weighted by Gasteiger charge is -2.36. The van der Waals surface area contributed by atoms with Crippen molar-refractivity contribution in [2.24, 2.45) is 0 Å². The van der Waals surface area contributed by atoms with Gasteiger partial charge in [0.2, 0.25) is 11.8 Å². The van der Waals surface area contributed by atoms with Crippen LogP contribution in [0.2, 0.25) is 0 Å². The van der Waals surface area contributed by atoms with E-state index in [2.05, 4.69) is 10.1 Å². The highest BCUT2D eigenvalue weighted by molar-refractivity contribution is 5.77. The molecule has 0 aromatic carbocycles. The number of rotatable bonds is 6. The third-order valence-electron chi connectivity index (χ3n) is 6.16. The van der Waals surface area contributed by atoms with E-state index >= 15 is 0 Å². The van der Waals surface area contributed by atoms with Crippen LogP contribution in [0.3, 0.4) is 0 Å². The number of fused-ring (bicyclic) bond motifs is 1. The Morgan fingerprint density at radius 1 is 1.19 bits per heavy atom. The van der Waals surface area contributed by atoms with Crippen LogP contribution >= 0.6 is 0 Å². The summed E-state index contributed by atoms with van der Waals surface area (Å²) >= 11 is 0. The zero-order valence-electron chi connectivity index (χ0n) is 18.0. The summed E-state index contributed by atoms with van der Waals surface area (Å²) in [6.45, 7) is 4.09. The van der Waals surface area contributed by atoms with Gasteiger partial charge < -0.3 is 14.8 Å². The summed E-state index contributed by atoms with van der Waals surface area (Å²) in [6.07, 6.45) is 8.42. The van der Waals surface area contributed by atoms with Crippen LogP contribution in [0.5, 0.6) is 0 Å². The molecule has 2 aliphatic heterocycles. The van der Waals surface area contributed by atoms with Gasteiger partial charge in [0.1, 0.15) is 5.82 Å². The molecule has 2 aromatic rings. The second-order valence-electron chi connectivity index (χ2n) is 8.31. The molecule has 0 bridgehead atoms. The molecule has 0 unspecified atom stereocenters. The maximum Gasteiger partial charge on any atom is 0.254 e. The van der Waals surface area contributed by atoms with Crippen LogP contribution in [-0.2, 0) is 29.1 Å². The quantitative estimate of drug-likeness (QED) is 0.758. The second kappa shape index (κ2) is 9.45. The highest BCUT2D eigenvalue weighted by Crippen LogP contribution is 2.30. The maximum absolute atomic E-state index is 13.0. The Labute approximate surface area is 181 Å². The summed E-state index contributed by atoms with van der Waals surface area (Å²) in [4.78, 5) is 49.4. The third kappa shape index (κ3) is 4.70. The van der Waals surface area contributed by atoms with Crippen molar-refractivity contribution in [2.45, 2.75) is 71.0 Å². The van der Waals surface area contributed by atoms with E-state index in [-0.39, 0.29) is 23.4 Å². The highest BCUT2D eigenvalue weighted by Gasteiger charge is 2.31. The van der Waals surface area contributed by atoms with Gasteiger partial charge in [0.15, 0.2) is 0 Å². The van der Waals surface area contributed by atoms with Crippen LogP contribution in [-0.4, -0.2) is 54.5 Å². The molecule has 4 rings (SSSR count). The van der Waals surface area contributed by atoms with Crippen LogP contribution < -0.4 is 5.56 Å². The Morgan fingerprint density at radius 3 is 2.84 bits per heavy atom. The van der Waals surface area contributed by atoms with Gasteiger partial charge in [-0.1, -0.05) is 6.92 Å². The number of likely N-dealkylation sites (tertiary alicyclic amines) is 1. The molecule has 2 aliphatic rings. The van der Waals surface area contributed by atoms with Crippen molar-refractivity contribution in [3.63, 3.8) is 0 Å². The fraction of sp³-hybridized carbons (Fsp3) is 0.591. The molecule has 4 heterocycles. The van der Waals surface area contributed by atoms with Crippen molar-refractivity contribution in [3.05, 3.63) is 45.9 Å². The molecule has 1 fully saturated rings. The van der Waals surface area contributed by atoms with Gasteiger partial charge in [-0.05, 0) is 38.2 Å². The van der Waals surface area contributed by atoms with E-state index in [9.17, 15) is 14.4 Å². The monoisotopic (exact) mass is 426 g/mol. The Kier molecular flexibility index (Phi) is 6.48. The van der Waals surface area contributed by atoms with E-state index in [1.54, 1.807) is 15.8 Å². The Hall–Kier alpha value is -2.97. The van der Waals surface area contributed by atoms with Crippen molar-refractivity contribution in [1.29, 1.82) is 0 Å². The van der Waals surface area contributed by atoms with E-state index in [0.717, 1.165) is 25.7 Å². The van der Waals surface area contributed by atoms with Crippen molar-refractivity contribution >= 4 is 11.8 Å². The number of hydrogen-bond acceptors (Lipinski definition) is 5. The smallest absolute Gasteiger partial charge is 0.254 e. The lowest BCUT2D eigenvalue weighted by Crippen LogP contribution is -2.42. The molecule has 0 spiro atoms. The van der Waals surface area contributed by atoms with Crippen LogP contribution in [0.15, 0.2) is 23.3 Å². The number of hydrogen-bond donors (Lipinski definition) is 1. The summed E-state index contributed by atoms with van der Waals surface area (Å²) in [5, 5.41) is 4.16. The first kappa shape index (κ1) is 21.3. The number of piperidine rings is 1. The number of carbonyl (C=O) groups excluding carboxylic acids is 2. The van der Waals surface area contributed by atoms with Crippen molar-refractivity contribution in [3.8, 4) is 0 Å². The van der Waals surface area contributed by atoms with Crippen molar-refractivity contribution in [2.75, 3.05) is 13.1 Å². The molecule has 9 heteroatoms. The van der Waals surface area contributed by atoms with Gasteiger partial charge in [-0.25, -0.2) is 4.98 Å². The third-order valence-corrected chi connectivity index (χ3v) is 6.16. The van der Waals surface area contributed by atoms with Crippen LogP contribution in [0, 0.1) is 0 Å². The van der Waals surface area contributed by atoms with E-state index in [0.29, 0.717) is 62.5 Å². The first-order valence-electron chi connectivity index (χ1n) is 11.2. The minimum absolute atomic E-state index is 0.0420. The zero-order chi connectivity index (χ0) is 21.8. The molecule has 2 amide bonds. The molecule has 9 nitrogen and oxygen atoms in total. The predicted octanol–water partition coefficient (Wildman–Crippen LogP) is 1.80. The summed E-state index contributed by atoms with van der Waals surface area (Å²) in [5.74, 6) is 0.686. The molecule has 2 aromatic heterocycles. The molecule has 31 heavy (non-hydrogen) atoms. The SMILES string of the molecule is CCCC(=O)N1CCc2c(nc([C@@H]3CCCCN3C(=O)CCn3cccn3)[nH]c2=O)C1. The van der Waals surface area contributed by atoms with Gasteiger partial charge in [0.25, 0.3) is 5.56 Å². The lowest BCUT2D eigenvalue weighted by atomic mass is 9.99. The number of aromatic nitrogens is 4. The van der Waals surface area contributed by atoms with E-state index in [1.165, 1.54) is 0 Å². The Morgan fingerprint density at radius 2 is 2.06 bits per heavy atom. The summed E-state index contributed by atoms with van der Waals surface area (Å²) in [5.41, 5.74) is 1.19. The molecular weight excluding hydrogens is 396 g/mol.